The molecule has 0 aliphatic heterocycles. The van der Waals surface area contributed by atoms with Gasteiger partial charge in [0.15, 0.2) is 5.13 Å². The van der Waals surface area contributed by atoms with Crippen LogP contribution in [0.5, 0.6) is 5.75 Å². The fourth-order valence-electron chi connectivity index (χ4n) is 3.28. The minimum absolute atomic E-state index is 0.131. The molecule has 0 fully saturated rings. The van der Waals surface area contributed by atoms with E-state index in [4.69, 9.17) is 4.74 Å². The zero-order valence-corrected chi connectivity index (χ0v) is 19.6. The summed E-state index contributed by atoms with van der Waals surface area (Å²) in [5.74, 6) is 0.138. The molecule has 2 amide bonds. The predicted molar refractivity (Wildman–Crippen MR) is 134 cm³/mol. The van der Waals surface area contributed by atoms with Crippen molar-refractivity contribution in [2.24, 2.45) is 0 Å². The van der Waals surface area contributed by atoms with Gasteiger partial charge in [0.1, 0.15) is 11.9 Å². The van der Waals surface area contributed by atoms with Crippen molar-refractivity contribution in [1.82, 2.24) is 15.0 Å². The molecule has 2 aromatic carbocycles. The van der Waals surface area contributed by atoms with Gasteiger partial charge in [0.2, 0.25) is 5.91 Å². The molecule has 0 aliphatic carbocycles. The molecule has 9 heteroatoms. The van der Waals surface area contributed by atoms with Crippen molar-refractivity contribution in [2.45, 2.75) is 13.0 Å². The predicted octanol–water partition coefficient (Wildman–Crippen LogP) is 4.29. The Morgan fingerprint density at radius 2 is 1.94 bits per heavy atom. The molecule has 2 heterocycles. The van der Waals surface area contributed by atoms with Crippen LogP contribution in [0, 0.1) is 0 Å². The average molecular weight is 476 g/mol. The highest BCUT2D eigenvalue weighted by Crippen LogP contribution is 2.28. The number of hydrogen-bond acceptors (Lipinski definition) is 6. The Bertz CT molecular complexity index is 1270. The summed E-state index contributed by atoms with van der Waals surface area (Å²) in [6.07, 6.45) is 3.23. The number of para-hydroxylation sites is 1. The van der Waals surface area contributed by atoms with Crippen molar-refractivity contribution in [3.8, 4) is 17.0 Å². The van der Waals surface area contributed by atoms with E-state index in [0.717, 1.165) is 22.6 Å². The number of carbonyl (C=O) groups is 2. The van der Waals surface area contributed by atoms with Gasteiger partial charge in [-0.3, -0.25) is 14.3 Å². The summed E-state index contributed by atoms with van der Waals surface area (Å²) >= 11 is 1.33. The van der Waals surface area contributed by atoms with Crippen LogP contribution in [0.1, 0.15) is 28.9 Å². The second kappa shape index (κ2) is 10.7. The molecule has 2 aromatic heterocycles. The smallest absolute Gasteiger partial charge is 0.253 e. The van der Waals surface area contributed by atoms with Gasteiger partial charge in [-0.25, -0.2) is 4.98 Å². The molecule has 0 spiro atoms. The minimum atomic E-state index is -0.346. The maximum atomic E-state index is 12.3. The molecule has 4 aromatic rings. The number of rotatable bonds is 9. The molecule has 0 aliphatic rings. The van der Waals surface area contributed by atoms with E-state index >= 15 is 0 Å². The van der Waals surface area contributed by atoms with Crippen LogP contribution in [0.4, 0.5) is 5.13 Å². The summed E-state index contributed by atoms with van der Waals surface area (Å²) in [7, 11) is 1.74. The Hall–Kier alpha value is -4.11. The summed E-state index contributed by atoms with van der Waals surface area (Å²) in [4.78, 5) is 29.0. The number of nitrogens with one attached hydrogen (secondary N) is 3. The van der Waals surface area contributed by atoms with Crippen molar-refractivity contribution in [2.75, 3.05) is 24.3 Å². The summed E-state index contributed by atoms with van der Waals surface area (Å²) in [5.41, 5.74) is 6.05. The van der Waals surface area contributed by atoms with E-state index in [0.29, 0.717) is 10.7 Å². The van der Waals surface area contributed by atoms with E-state index < -0.39 is 0 Å². The van der Waals surface area contributed by atoms with Gasteiger partial charge in [-0.15, -0.1) is 11.3 Å². The first-order valence-corrected chi connectivity index (χ1v) is 11.6. The number of nitrogens with zero attached hydrogens (tertiary/aromatic N) is 2. The fourth-order valence-corrected chi connectivity index (χ4v) is 4.02. The third-order valence-corrected chi connectivity index (χ3v) is 5.84. The molecule has 3 N–H and O–H groups in total. The molecular formula is C25H25N5O3S. The standard InChI is InChI=1S/C25H25N5O3S/c1-17(33-21-9-4-3-5-10-21)18-7-6-8-19(13-18)22-16-34-25(28-22)29-23(31)14-27-24(32)20-11-12-30(15-20)26-2/h3-13,15-17,26H,14H2,1-2H3,(H,27,32)(H,28,29,31). The van der Waals surface area contributed by atoms with Crippen LogP contribution in [0.15, 0.2) is 78.4 Å². The Kier molecular flexibility index (Phi) is 7.24. The lowest BCUT2D eigenvalue weighted by Crippen LogP contribution is -2.32. The van der Waals surface area contributed by atoms with Crippen LogP contribution in [-0.2, 0) is 4.79 Å². The molecule has 174 valence electrons. The lowest BCUT2D eigenvalue weighted by Gasteiger charge is -2.15. The Balaban J connectivity index is 1.34. The highest BCUT2D eigenvalue weighted by molar-refractivity contribution is 7.14. The number of anilines is 1. The maximum Gasteiger partial charge on any atom is 0.253 e. The average Bonchev–Trinajstić information content (AvgIpc) is 3.53. The third kappa shape index (κ3) is 5.81. The highest BCUT2D eigenvalue weighted by atomic mass is 32.1. The molecule has 0 saturated heterocycles. The fraction of sp³-hybridized carbons (Fsp3) is 0.160. The maximum absolute atomic E-state index is 12.3. The number of carbonyl (C=O) groups excluding carboxylic acids is 2. The van der Waals surface area contributed by atoms with Crippen LogP contribution in [0.2, 0.25) is 0 Å². The van der Waals surface area contributed by atoms with Gasteiger partial charge in [-0.05, 0) is 36.8 Å². The number of amides is 2. The first-order valence-electron chi connectivity index (χ1n) is 10.7. The third-order valence-electron chi connectivity index (χ3n) is 5.08. The van der Waals surface area contributed by atoms with Crippen molar-refractivity contribution in [3.05, 3.63) is 89.6 Å². The zero-order chi connectivity index (χ0) is 23.9. The van der Waals surface area contributed by atoms with Gasteiger partial charge in [-0.1, -0.05) is 36.4 Å². The molecule has 8 nitrogen and oxygen atoms in total. The molecule has 34 heavy (non-hydrogen) atoms. The number of aromatic nitrogens is 2. The molecule has 4 rings (SSSR count). The lowest BCUT2D eigenvalue weighted by atomic mass is 10.1. The minimum Gasteiger partial charge on any atom is -0.486 e. The van der Waals surface area contributed by atoms with Gasteiger partial charge in [0.25, 0.3) is 5.91 Å². The van der Waals surface area contributed by atoms with E-state index in [1.54, 1.807) is 30.2 Å². The molecule has 0 radical (unpaired) electrons. The van der Waals surface area contributed by atoms with E-state index in [9.17, 15) is 9.59 Å². The monoisotopic (exact) mass is 475 g/mol. The van der Waals surface area contributed by atoms with E-state index in [1.165, 1.54) is 11.3 Å². The van der Waals surface area contributed by atoms with Crippen molar-refractivity contribution >= 4 is 28.3 Å². The first kappa shape index (κ1) is 23.1. The van der Waals surface area contributed by atoms with Crippen LogP contribution in [0.3, 0.4) is 0 Å². The topological polar surface area (TPSA) is 97.3 Å². The number of benzene rings is 2. The molecule has 1 atom stereocenters. The van der Waals surface area contributed by atoms with Crippen molar-refractivity contribution in [3.63, 3.8) is 0 Å². The van der Waals surface area contributed by atoms with Crippen LogP contribution in [-0.4, -0.2) is 35.1 Å². The largest absolute Gasteiger partial charge is 0.486 e. The van der Waals surface area contributed by atoms with Crippen LogP contribution >= 0.6 is 11.3 Å². The summed E-state index contributed by atoms with van der Waals surface area (Å²) in [6.45, 7) is 1.85. The number of thiazole rings is 1. The van der Waals surface area contributed by atoms with Crippen LogP contribution in [0.25, 0.3) is 11.3 Å². The van der Waals surface area contributed by atoms with Gasteiger partial charge in [0.05, 0.1) is 17.8 Å². The SMILES string of the molecule is CNn1ccc(C(=O)NCC(=O)Nc2nc(-c3cccc(C(C)Oc4ccccc4)c3)cs2)c1. The molecular weight excluding hydrogens is 450 g/mol. The lowest BCUT2D eigenvalue weighted by molar-refractivity contribution is -0.115. The highest BCUT2D eigenvalue weighted by Gasteiger charge is 2.13. The normalized spacial score (nSPS) is 11.5. The Morgan fingerprint density at radius 1 is 1.12 bits per heavy atom. The first-order chi connectivity index (χ1) is 16.5. The molecule has 0 bridgehead atoms. The van der Waals surface area contributed by atoms with Crippen molar-refractivity contribution < 1.29 is 14.3 Å². The van der Waals surface area contributed by atoms with E-state index in [-0.39, 0.29) is 24.5 Å². The second-order valence-corrected chi connectivity index (χ2v) is 8.36. The van der Waals surface area contributed by atoms with Gasteiger partial charge in [-0.2, -0.15) is 0 Å². The molecule has 1 unspecified atom stereocenters. The van der Waals surface area contributed by atoms with Gasteiger partial charge < -0.3 is 20.8 Å². The van der Waals surface area contributed by atoms with Gasteiger partial charge >= 0.3 is 0 Å². The second-order valence-electron chi connectivity index (χ2n) is 7.50. The summed E-state index contributed by atoms with van der Waals surface area (Å²) in [5, 5.41) is 7.70. The van der Waals surface area contributed by atoms with E-state index in [1.807, 2.05) is 66.9 Å². The number of ether oxygens (including phenoxy) is 1. The van der Waals surface area contributed by atoms with Crippen molar-refractivity contribution in [1.29, 1.82) is 0 Å². The number of hydrogen-bond donors (Lipinski definition) is 3. The van der Waals surface area contributed by atoms with Crippen LogP contribution < -0.4 is 20.8 Å². The van der Waals surface area contributed by atoms with Gasteiger partial charge in [0, 0.05) is 30.4 Å². The Morgan fingerprint density at radius 3 is 2.71 bits per heavy atom. The van der Waals surface area contributed by atoms with E-state index in [2.05, 4.69) is 21.0 Å². The quantitative estimate of drug-likeness (QED) is 0.336. The summed E-state index contributed by atoms with van der Waals surface area (Å²) in [6, 6.07) is 19.3. The summed E-state index contributed by atoms with van der Waals surface area (Å²) < 4.78 is 7.67. The molecule has 0 saturated carbocycles. The Labute approximate surface area is 201 Å². The zero-order valence-electron chi connectivity index (χ0n) is 18.8.